The van der Waals surface area contributed by atoms with Crippen LogP contribution in [-0.2, 0) is 34.1 Å². The third-order valence-corrected chi connectivity index (χ3v) is 7.27. The molecule has 13 heteroatoms. The average Bonchev–Trinajstić information content (AvgIpc) is 3.36. The van der Waals surface area contributed by atoms with E-state index in [9.17, 15) is 26.4 Å². The first-order valence-corrected chi connectivity index (χ1v) is 13.4. The lowest BCUT2D eigenvalue weighted by Crippen LogP contribution is -2.24. The molecule has 1 aliphatic carbocycles. The Kier molecular flexibility index (Phi) is 6.23. The summed E-state index contributed by atoms with van der Waals surface area (Å²) in [5, 5.41) is 8.30. The highest BCUT2D eigenvalue weighted by molar-refractivity contribution is 7.85. The Labute approximate surface area is 210 Å². The summed E-state index contributed by atoms with van der Waals surface area (Å²) in [4.78, 5) is 13.3. The van der Waals surface area contributed by atoms with E-state index in [0.717, 1.165) is 64.3 Å². The van der Waals surface area contributed by atoms with Crippen LogP contribution >= 0.6 is 0 Å². The molecule has 1 saturated carbocycles. The molecular weight excluding hydrogens is 511 g/mol. The highest BCUT2D eigenvalue weighted by atomic mass is 32.2. The van der Waals surface area contributed by atoms with Crippen LogP contribution in [0, 0.1) is 5.92 Å². The van der Waals surface area contributed by atoms with E-state index in [1.165, 1.54) is 0 Å². The molecule has 1 fully saturated rings. The lowest BCUT2D eigenvalue weighted by molar-refractivity contribution is -0.136. The molecule has 0 spiro atoms. The largest absolute Gasteiger partial charge is 0.418 e. The van der Waals surface area contributed by atoms with Crippen LogP contribution in [0.25, 0.3) is 11.2 Å². The lowest BCUT2D eigenvalue weighted by atomic mass is 9.72. The predicted molar refractivity (Wildman–Crippen MR) is 128 cm³/mol. The Hall–Kier alpha value is -3.45. The van der Waals surface area contributed by atoms with Gasteiger partial charge in [-0.25, -0.2) is 4.79 Å². The lowest BCUT2D eigenvalue weighted by Gasteiger charge is -2.33. The Morgan fingerprint density at radius 2 is 1.95 bits per heavy atom. The Morgan fingerprint density at radius 3 is 2.54 bits per heavy atom. The molecule has 1 aliphatic rings. The number of alkyl halides is 3. The third-order valence-electron chi connectivity index (χ3n) is 6.72. The number of nitrogens with zero attached hydrogens (tertiary/aromatic N) is 5. The van der Waals surface area contributed by atoms with Crippen molar-refractivity contribution in [1.82, 2.24) is 23.7 Å². The van der Waals surface area contributed by atoms with Gasteiger partial charge < -0.3 is 4.57 Å². The van der Waals surface area contributed by atoms with Gasteiger partial charge in [0.1, 0.15) is 12.2 Å². The van der Waals surface area contributed by atoms with Crippen molar-refractivity contribution in [3.8, 4) is 5.69 Å². The second kappa shape index (κ2) is 9.14. The fourth-order valence-electron chi connectivity index (χ4n) is 4.76. The molecule has 4 aromatic rings. The van der Waals surface area contributed by atoms with Crippen LogP contribution in [0.3, 0.4) is 0 Å². The molecule has 9 nitrogen and oxygen atoms in total. The Morgan fingerprint density at radius 1 is 1.19 bits per heavy atom. The van der Waals surface area contributed by atoms with E-state index in [2.05, 4.69) is 14.4 Å². The molecule has 3 heterocycles. The molecule has 0 radical (unpaired) electrons. The molecule has 196 valence electrons. The zero-order valence-corrected chi connectivity index (χ0v) is 20.8. The van der Waals surface area contributed by atoms with Gasteiger partial charge in [0.15, 0.2) is 0 Å². The Bertz CT molecular complexity index is 1630. The topological polar surface area (TPSA) is 100 Å². The standard InChI is InChI=1S/C24H24F3N5O4S/c1-30-14-28-29-22(30)21(16-5-3-6-16)17-7-4-8-18(10-17)31-12-20-19(24(25,26)27)9-15(11-32(20)23(31)33)13-36-37(2,34)35/h4,7-12,14,16,21H,3,5-6,13H2,1-2H3. The predicted octanol–water partition coefficient (Wildman–Crippen LogP) is 3.65. The number of hydrogen-bond donors (Lipinski definition) is 0. The molecule has 3 aromatic heterocycles. The van der Waals surface area contributed by atoms with E-state index in [0.29, 0.717) is 11.6 Å². The van der Waals surface area contributed by atoms with Crippen molar-refractivity contribution in [3.63, 3.8) is 0 Å². The number of fused-ring (bicyclic) bond motifs is 1. The quantitative estimate of drug-likeness (QED) is 0.335. The first-order chi connectivity index (χ1) is 17.4. The highest BCUT2D eigenvalue weighted by Gasteiger charge is 2.35. The van der Waals surface area contributed by atoms with E-state index in [4.69, 9.17) is 0 Å². The maximum atomic E-state index is 13.9. The number of hydrogen-bond acceptors (Lipinski definition) is 6. The van der Waals surface area contributed by atoms with Crippen molar-refractivity contribution in [2.75, 3.05) is 6.26 Å². The van der Waals surface area contributed by atoms with E-state index in [1.807, 2.05) is 17.7 Å². The summed E-state index contributed by atoms with van der Waals surface area (Å²) in [5.74, 6) is 1.06. The number of benzene rings is 1. The minimum atomic E-state index is -4.78. The van der Waals surface area contributed by atoms with Crippen LogP contribution in [0.4, 0.5) is 13.2 Å². The van der Waals surface area contributed by atoms with Crippen LogP contribution in [-0.4, -0.2) is 38.4 Å². The molecule has 5 rings (SSSR count). The molecule has 1 aromatic carbocycles. The number of aryl methyl sites for hydroxylation is 1. The van der Waals surface area contributed by atoms with Gasteiger partial charge >= 0.3 is 11.9 Å². The van der Waals surface area contributed by atoms with Crippen molar-refractivity contribution in [3.05, 3.63) is 82.1 Å². The molecule has 37 heavy (non-hydrogen) atoms. The van der Waals surface area contributed by atoms with Gasteiger partial charge in [0.2, 0.25) is 0 Å². The SMILES string of the molecule is Cn1cnnc1C(c1cccc(-n2cc3c(C(F)(F)F)cc(COS(C)(=O)=O)cn3c2=O)c1)C1CCC1. The van der Waals surface area contributed by atoms with E-state index >= 15 is 0 Å². The van der Waals surface area contributed by atoms with Gasteiger partial charge in [0.25, 0.3) is 10.1 Å². The monoisotopic (exact) mass is 535 g/mol. The minimum Gasteiger partial charge on any atom is -0.320 e. The summed E-state index contributed by atoms with van der Waals surface area (Å²) in [5.41, 5.74) is -0.960. The first kappa shape index (κ1) is 25.2. The molecule has 1 unspecified atom stereocenters. The van der Waals surface area contributed by atoms with Crippen LogP contribution < -0.4 is 5.69 Å². The second-order valence-electron chi connectivity index (χ2n) is 9.33. The van der Waals surface area contributed by atoms with Crippen molar-refractivity contribution in [2.24, 2.45) is 13.0 Å². The fourth-order valence-corrected chi connectivity index (χ4v) is 5.11. The minimum absolute atomic E-state index is 0.0700. The summed E-state index contributed by atoms with van der Waals surface area (Å²) < 4.78 is 73.0. The molecule has 0 saturated heterocycles. The van der Waals surface area contributed by atoms with Crippen molar-refractivity contribution in [2.45, 2.75) is 38.0 Å². The third kappa shape index (κ3) is 4.92. The molecule has 0 bridgehead atoms. The normalized spacial score (nSPS) is 15.7. The zero-order chi connectivity index (χ0) is 26.5. The highest BCUT2D eigenvalue weighted by Crippen LogP contribution is 2.43. The first-order valence-electron chi connectivity index (χ1n) is 11.5. The van der Waals surface area contributed by atoms with E-state index < -0.39 is 34.2 Å². The zero-order valence-electron chi connectivity index (χ0n) is 20.0. The van der Waals surface area contributed by atoms with Gasteiger partial charge in [-0.2, -0.15) is 21.6 Å². The Balaban J connectivity index is 1.62. The van der Waals surface area contributed by atoms with Crippen LogP contribution in [0.15, 0.2) is 53.8 Å². The average molecular weight is 536 g/mol. The van der Waals surface area contributed by atoms with Gasteiger partial charge in [-0.15, -0.1) is 10.2 Å². The summed E-state index contributed by atoms with van der Waals surface area (Å²) in [7, 11) is -2.04. The summed E-state index contributed by atoms with van der Waals surface area (Å²) >= 11 is 0. The fraction of sp³-hybridized carbons (Fsp3) is 0.375. The van der Waals surface area contributed by atoms with Crippen molar-refractivity contribution >= 4 is 15.6 Å². The summed E-state index contributed by atoms with van der Waals surface area (Å²) in [6, 6.07) is 7.92. The molecule has 0 aliphatic heterocycles. The van der Waals surface area contributed by atoms with Gasteiger partial charge in [-0.1, -0.05) is 18.6 Å². The number of rotatable bonds is 7. The number of pyridine rings is 1. The number of imidazole rings is 1. The van der Waals surface area contributed by atoms with Crippen molar-refractivity contribution in [1.29, 1.82) is 0 Å². The molecule has 0 N–H and O–H groups in total. The molecule has 1 atom stereocenters. The maximum absolute atomic E-state index is 13.9. The van der Waals surface area contributed by atoms with E-state index in [-0.39, 0.29) is 17.0 Å². The number of halogens is 3. The van der Waals surface area contributed by atoms with Crippen molar-refractivity contribution < 1.29 is 25.8 Å². The van der Waals surface area contributed by atoms with Crippen LogP contribution in [0.2, 0.25) is 0 Å². The van der Waals surface area contributed by atoms with Crippen LogP contribution in [0.1, 0.15) is 47.7 Å². The van der Waals surface area contributed by atoms with Gasteiger partial charge in [-0.05, 0) is 48.1 Å². The van der Waals surface area contributed by atoms with E-state index in [1.54, 1.807) is 24.5 Å². The number of aromatic nitrogens is 5. The van der Waals surface area contributed by atoms with Gasteiger partial charge in [-0.3, -0.25) is 13.2 Å². The van der Waals surface area contributed by atoms with Crippen LogP contribution in [0.5, 0.6) is 0 Å². The second-order valence-corrected chi connectivity index (χ2v) is 11.0. The smallest absolute Gasteiger partial charge is 0.320 e. The maximum Gasteiger partial charge on any atom is 0.418 e. The van der Waals surface area contributed by atoms with Gasteiger partial charge in [0.05, 0.1) is 29.6 Å². The molecule has 0 amide bonds. The summed E-state index contributed by atoms with van der Waals surface area (Å²) in [6.45, 7) is -0.633. The van der Waals surface area contributed by atoms with Gasteiger partial charge in [0, 0.05) is 25.4 Å². The molecular formula is C24H24F3N5O4S. The summed E-state index contributed by atoms with van der Waals surface area (Å²) in [6.07, 6.45) is 3.09.